The Labute approximate surface area is 184 Å². The summed E-state index contributed by atoms with van der Waals surface area (Å²) >= 11 is 0. The van der Waals surface area contributed by atoms with Gasteiger partial charge >= 0.3 is 0 Å². The number of nitrogens with zero attached hydrogens (tertiary/aromatic N) is 1. The SMILES string of the molecule is O=C(NC1CCCCC1)C1CCCN(C(=O)c2cccc(OCc3ccccc3)c2)C1. The lowest BCUT2D eigenvalue weighted by molar-refractivity contribution is -0.127. The van der Waals surface area contributed by atoms with Crippen LogP contribution in [-0.2, 0) is 11.4 Å². The number of likely N-dealkylation sites (tertiary alicyclic amines) is 1. The molecule has 2 fully saturated rings. The van der Waals surface area contributed by atoms with E-state index >= 15 is 0 Å². The third kappa shape index (κ3) is 5.87. The highest BCUT2D eigenvalue weighted by atomic mass is 16.5. The zero-order chi connectivity index (χ0) is 21.5. The standard InChI is InChI=1S/C26H32N2O3/c29-25(27-23-13-5-2-6-14-23)22-12-8-16-28(18-22)26(30)21-11-7-15-24(17-21)31-19-20-9-3-1-4-10-20/h1,3-4,7,9-11,15,17,22-23H,2,5-6,8,12-14,16,18-19H2,(H,27,29). The van der Waals surface area contributed by atoms with E-state index in [1.807, 2.05) is 53.4 Å². The molecule has 2 aliphatic rings. The van der Waals surface area contributed by atoms with Crippen LogP contribution >= 0.6 is 0 Å². The third-order valence-corrected chi connectivity index (χ3v) is 6.36. The molecule has 5 heteroatoms. The summed E-state index contributed by atoms with van der Waals surface area (Å²) in [6, 6.07) is 17.6. The number of carbonyl (C=O) groups excluding carboxylic acids is 2. The number of hydrogen-bond donors (Lipinski definition) is 1. The first-order valence-corrected chi connectivity index (χ1v) is 11.6. The molecule has 0 spiro atoms. The lowest BCUT2D eigenvalue weighted by atomic mass is 9.92. The maximum Gasteiger partial charge on any atom is 0.254 e. The number of piperidine rings is 1. The Balaban J connectivity index is 1.34. The normalized spacial score (nSPS) is 19.6. The van der Waals surface area contributed by atoms with Crippen molar-refractivity contribution in [1.82, 2.24) is 10.2 Å². The molecule has 31 heavy (non-hydrogen) atoms. The Morgan fingerprint density at radius 2 is 1.74 bits per heavy atom. The highest BCUT2D eigenvalue weighted by molar-refractivity contribution is 5.95. The van der Waals surface area contributed by atoms with Gasteiger partial charge in [0.15, 0.2) is 0 Å². The van der Waals surface area contributed by atoms with E-state index in [0.717, 1.165) is 31.2 Å². The Hall–Kier alpha value is -2.82. The van der Waals surface area contributed by atoms with Crippen LogP contribution in [0.1, 0.15) is 60.9 Å². The highest BCUT2D eigenvalue weighted by Crippen LogP contribution is 2.23. The molecule has 1 aliphatic carbocycles. The molecule has 1 saturated carbocycles. The number of ether oxygens (including phenoxy) is 1. The van der Waals surface area contributed by atoms with Crippen LogP contribution in [0, 0.1) is 5.92 Å². The lowest BCUT2D eigenvalue weighted by Crippen LogP contribution is -2.47. The van der Waals surface area contributed by atoms with Gasteiger partial charge in [0, 0.05) is 24.7 Å². The lowest BCUT2D eigenvalue weighted by Gasteiger charge is -2.33. The number of hydrogen-bond acceptors (Lipinski definition) is 3. The van der Waals surface area contributed by atoms with Crippen LogP contribution in [0.3, 0.4) is 0 Å². The van der Waals surface area contributed by atoms with Crippen molar-refractivity contribution >= 4 is 11.8 Å². The minimum Gasteiger partial charge on any atom is -0.489 e. The Kier molecular flexibility index (Phi) is 7.23. The zero-order valence-corrected chi connectivity index (χ0v) is 18.1. The Morgan fingerprint density at radius 3 is 2.55 bits per heavy atom. The summed E-state index contributed by atoms with van der Waals surface area (Å²) in [4.78, 5) is 27.7. The largest absolute Gasteiger partial charge is 0.489 e. The van der Waals surface area contributed by atoms with E-state index in [0.29, 0.717) is 37.1 Å². The van der Waals surface area contributed by atoms with E-state index in [1.54, 1.807) is 6.07 Å². The van der Waals surface area contributed by atoms with Crippen molar-refractivity contribution in [2.24, 2.45) is 5.92 Å². The van der Waals surface area contributed by atoms with Crippen LogP contribution in [-0.4, -0.2) is 35.8 Å². The Morgan fingerprint density at radius 1 is 0.935 bits per heavy atom. The Bertz CT molecular complexity index is 877. The second kappa shape index (κ2) is 10.5. The van der Waals surface area contributed by atoms with E-state index in [9.17, 15) is 9.59 Å². The molecule has 0 radical (unpaired) electrons. The molecule has 2 amide bonds. The van der Waals surface area contributed by atoms with Crippen LogP contribution in [0.15, 0.2) is 54.6 Å². The topological polar surface area (TPSA) is 58.6 Å². The van der Waals surface area contributed by atoms with Crippen LogP contribution in [0.4, 0.5) is 0 Å². The molecule has 0 bridgehead atoms. The first kappa shape index (κ1) is 21.4. The van der Waals surface area contributed by atoms with Crippen LogP contribution < -0.4 is 10.1 Å². The predicted molar refractivity (Wildman–Crippen MR) is 121 cm³/mol. The monoisotopic (exact) mass is 420 g/mol. The minimum atomic E-state index is -0.114. The molecular weight excluding hydrogens is 388 g/mol. The average molecular weight is 421 g/mol. The van der Waals surface area contributed by atoms with Gasteiger partial charge in [0.2, 0.25) is 5.91 Å². The fourth-order valence-corrected chi connectivity index (χ4v) is 4.58. The summed E-state index contributed by atoms with van der Waals surface area (Å²) in [5.41, 5.74) is 1.70. The van der Waals surface area contributed by atoms with Gasteiger partial charge in [-0.15, -0.1) is 0 Å². The van der Waals surface area contributed by atoms with Crippen molar-refractivity contribution in [3.8, 4) is 5.75 Å². The summed E-state index contributed by atoms with van der Waals surface area (Å²) in [6.45, 7) is 1.65. The van der Waals surface area contributed by atoms with Gasteiger partial charge < -0.3 is 15.0 Å². The third-order valence-electron chi connectivity index (χ3n) is 6.36. The number of rotatable bonds is 6. The summed E-state index contributed by atoms with van der Waals surface area (Å²) in [5, 5.41) is 3.23. The van der Waals surface area contributed by atoms with Crippen LogP contribution in [0.25, 0.3) is 0 Å². The molecule has 2 aromatic rings. The van der Waals surface area contributed by atoms with Crippen molar-refractivity contribution in [1.29, 1.82) is 0 Å². The molecule has 1 heterocycles. The maximum absolute atomic E-state index is 13.1. The van der Waals surface area contributed by atoms with E-state index in [-0.39, 0.29) is 17.7 Å². The predicted octanol–water partition coefficient (Wildman–Crippen LogP) is 4.57. The minimum absolute atomic E-state index is 0.0275. The molecule has 1 saturated heterocycles. The number of carbonyl (C=O) groups is 2. The first-order valence-electron chi connectivity index (χ1n) is 11.6. The maximum atomic E-state index is 13.1. The van der Waals surface area contributed by atoms with E-state index in [2.05, 4.69) is 5.32 Å². The van der Waals surface area contributed by atoms with Gasteiger partial charge in [-0.2, -0.15) is 0 Å². The fourth-order valence-electron chi connectivity index (χ4n) is 4.58. The van der Waals surface area contributed by atoms with Crippen LogP contribution in [0.2, 0.25) is 0 Å². The molecular formula is C26H32N2O3. The first-order chi connectivity index (χ1) is 15.2. The molecule has 1 unspecified atom stereocenters. The number of benzene rings is 2. The molecule has 5 nitrogen and oxygen atoms in total. The van der Waals surface area contributed by atoms with Crippen molar-refractivity contribution in [3.05, 3.63) is 65.7 Å². The molecule has 1 aliphatic heterocycles. The van der Waals surface area contributed by atoms with Gasteiger partial charge in [-0.1, -0.05) is 55.7 Å². The van der Waals surface area contributed by atoms with Crippen molar-refractivity contribution in [3.63, 3.8) is 0 Å². The van der Waals surface area contributed by atoms with Gasteiger partial charge in [0.25, 0.3) is 5.91 Å². The second-order valence-corrected chi connectivity index (χ2v) is 8.74. The summed E-state index contributed by atoms with van der Waals surface area (Å²) < 4.78 is 5.88. The van der Waals surface area contributed by atoms with Gasteiger partial charge in [0.05, 0.1) is 5.92 Å². The highest BCUT2D eigenvalue weighted by Gasteiger charge is 2.30. The summed E-state index contributed by atoms with van der Waals surface area (Å²) in [5.74, 6) is 0.653. The van der Waals surface area contributed by atoms with Gasteiger partial charge in [-0.25, -0.2) is 0 Å². The molecule has 1 N–H and O–H groups in total. The van der Waals surface area contributed by atoms with Crippen LogP contribution in [0.5, 0.6) is 5.75 Å². The molecule has 1 atom stereocenters. The van der Waals surface area contributed by atoms with Gasteiger partial charge in [-0.3, -0.25) is 9.59 Å². The van der Waals surface area contributed by atoms with Gasteiger partial charge in [0.1, 0.15) is 12.4 Å². The van der Waals surface area contributed by atoms with Crippen molar-refractivity contribution in [2.75, 3.05) is 13.1 Å². The second-order valence-electron chi connectivity index (χ2n) is 8.74. The van der Waals surface area contributed by atoms with E-state index in [4.69, 9.17) is 4.74 Å². The quantitative estimate of drug-likeness (QED) is 0.745. The summed E-state index contributed by atoms with van der Waals surface area (Å²) in [6.07, 6.45) is 7.53. The molecule has 0 aromatic heterocycles. The molecule has 2 aromatic carbocycles. The molecule has 4 rings (SSSR count). The smallest absolute Gasteiger partial charge is 0.254 e. The van der Waals surface area contributed by atoms with Crippen molar-refractivity contribution in [2.45, 2.75) is 57.6 Å². The zero-order valence-electron chi connectivity index (χ0n) is 18.1. The van der Waals surface area contributed by atoms with Gasteiger partial charge in [-0.05, 0) is 49.4 Å². The number of nitrogens with one attached hydrogen (secondary N) is 1. The summed E-state index contributed by atoms with van der Waals surface area (Å²) in [7, 11) is 0. The fraction of sp³-hybridized carbons (Fsp3) is 0.462. The van der Waals surface area contributed by atoms with E-state index < -0.39 is 0 Å². The van der Waals surface area contributed by atoms with Crippen molar-refractivity contribution < 1.29 is 14.3 Å². The molecule has 164 valence electrons. The average Bonchev–Trinajstić information content (AvgIpc) is 2.84. The number of amides is 2. The van der Waals surface area contributed by atoms with E-state index in [1.165, 1.54) is 19.3 Å².